The van der Waals surface area contributed by atoms with Gasteiger partial charge in [0.25, 0.3) is 5.91 Å². The molecule has 0 saturated heterocycles. The first kappa shape index (κ1) is 15.5. The Kier molecular flexibility index (Phi) is 4.11. The van der Waals surface area contributed by atoms with Gasteiger partial charge in [-0.25, -0.2) is 5.43 Å². The van der Waals surface area contributed by atoms with E-state index in [0.29, 0.717) is 22.0 Å². The molecule has 24 heavy (non-hydrogen) atoms. The SMILES string of the molecule is Cc1cc(=O)c2cc(C(=O)NN=Cc3ccccc3O)ccc2[nH]1. The van der Waals surface area contributed by atoms with Crippen molar-refractivity contribution in [1.29, 1.82) is 0 Å². The molecule has 3 aromatic rings. The van der Waals surface area contributed by atoms with Crippen LogP contribution in [-0.4, -0.2) is 22.2 Å². The maximum atomic E-state index is 12.1. The van der Waals surface area contributed by atoms with E-state index in [1.54, 1.807) is 37.3 Å². The second kappa shape index (κ2) is 6.37. The predicted octanol–water partition coefficient (Wildman–Crippen LogP) is 2.31. The van der Waals surface area contributed by atoms with Gasteiger partial charge in [0, 0.05) is 33.8 Å². The number of amides is 1. The van der Waals surface area contributed by atoms with Crippen LogP contribution in [-0.2, 0) is 0 Å². The van der Waals surface area contributed by atoms with Gasteiger partial charge in [0.05, 0.1) is 6.21 Å². The Hall–Kier alpha value is -3.41. The van der Waals surface area contributed by atoms with Gasteiger partial charge in [-0.2, -0.15) is 5.10 Å². The normalized spacial score (nSPS) is 11.0. The molecule has 6 heteroatoms. The number of hydrazone groups is 1. The standard InChI is InChI=1S/C18H15N3O3/c1-11-8-17(23)14-9-12(6-7-15(14)20-11)18(24)21-19-10-13-4-2-3-5-16(13)22/h2-10,22H,1H3,(H,20,23)(H,21,24). The number of carbonyl (C=O) groups excluding carboxylic acids is 1. The fourth-order valence-electron chi connectivity index (χ4n) is 2.34. The van der Waals surface area contributed by atoms with Gasteiger partial charge in [-0.1, -0.05) is 12.1 Å². The van der Waals surface area contributed by atoms with Crippen LogP contribution in [0.4, 0.5) is 0 Å². The molecule has 120 valence electrons. The number of carbonyl (C=O) groups is 1. The lowest BCUT2D eigenvalue weighted by atomic mass is 10.1. The number of hydrogen-bond donors (Lipinski definition) is 3. The molecule has 1 aromatic heterocycles. The maximum absolute atomic E-state index is 12.1. The molecule has 2 aromatic carbocycles. The van der Waals surface area contributed by atoms with E-state index < -0.39 is 5.91 Å². The summed E-state index contributed by atoms with van der Waals surface area (Å²) in [6, 6.07) is 13.0. The number of para-hydroxylation sites is 1. The smallest absolute Gasteiger partial charge is 0.271 e. The van der Waals surface area contributed by atoms with E-state index in [1.165, 1.54) is 24.4 Å². The minimum absolute atomic E-state index is 0.0723. The first-order valence-electron chi connectivity index (χ1n) is 7.30. The average molecular weight is 321 g/mol. The van der Waals surface area contributed by atoms with Crippen LogP contribution in [0.5, 0.6) is 5.75 Å². The van der Waals surface area contributed by atoms with Crippen molar-refractivity contribution >= 4 is 23.0 Å². The minimum atomic E-state index is -0.441. The summed E-state index contributed by atoms with van der Waals surface area (Å²) in [6.07, 6.45) is 1.35. The number of fused-ring (bicyclic) bond motifs is 1. The van der Waals surface area contributed by atoms with E-state index in [1.807, 2.05) is 0 Å². The Morgan fingerprint density at radius 2 is 2.00 bits per heavy atom. The number of aromatic hydroxyl groups is 1. The van der Waals surface area contributed by atoms with Crippen LogP contribution in [0.15, 0.2) is 58.4 Å². The summed E-state index contributed by atoms with van der Waals surface area (Å²) >= 11 is 0. The van der Waals surface area contributed by atoms with Crippen molar-refractivity contribution in [2.45, 2.75) is 6.92 Å². The van der Waals surface area contributed by atoms with Crippen molar-refractivity contribution < 1.29 is 9.90 Å². The molecule has 0 spiro atoms. The van der Waals surface area contributed by atoms with Crippen molar-refractivity contribution in [1.82, 2.24) is 10.4 Å². The molecule has 0 aliphatic rings. The number of nitrogens with one attached hydrogen (secondary N) is 2. The van der Waals surface area contributed by atoms with Gasteiger partial charge in [0.1, 0.15) is 5.75 Å². The van der Waals surface area contributed by atoms with Crippen molar-refractivity contribution in [2.75, 3.05) is 0 Å². The Morgan fingerprint density at radius 1 is 1.21 bits per heavy atom. The number of H-pyrrole nitrogens is 1. The van der Waals surface area contributed by atoms with Crippen LogP contribution in [0.25, 0.3) is 10.9 Å². The van der Waals surface area contributed by atoms with Crippen LogP contribution >= 0.6 is 0 Å². The Bertz CT molecular complexity index is 1010. The molecule has 6 nitrogen and oxygen atoms in total. The summed E-state index contributed by atoms with van der Waals surface area (Å²) in [5.41, 5.74) is 4.48. The molecule has 0 unspecified atom stereocenters. The molecule has 0 fully saturated rings. The zero-order chi connectivity index (χ0) is 17.1. The van der Waals surface area contributed by atoms with Crippen LogP contribution in [0.2, 0.25) is 0 Å². The van der Waals surface area contributed by atoms with Crippen LogP contribution in [0.1, 0.15) is 21.6 Å². The van der Waals surface area contributed by atoms with Gasteiger partial charge in [-0.15, -0.1) is 0 Å². The second-order valence-electron chi connectivity index (χ2n) is 5.33. The lowest BCUT2D eigenvalue weighted by molar-refractivity contribution is 0.0955. The van der Waals surface area contributed by atoms with E-state index in [-0.39, 0.29) is 11.2 Å². The van der Waals surface area contributed by atoms with Crippen molar-refractivity contribution in [3.05, 3.63) is 75.6 Å². The summed E-state index contributed by atoms with van der Waals surface area (Å²) in [5.74, 6) is -0.369. The highest BCUT2D eigenvalue weighted by Gasteiger charge is 2.08. The molecule has 3 N–H and O–H groups in total. The van der Waals surface area contributed by atoms with E-state index in [4.69, 9.17) is 0 Å². The predicted molar refractivity (Wildman–Crippen MR) is 92.5 cm³/mol. The fourth-order valence-corrected chi connectivity index (χ4v) is 2.34. The number of hydrogen-bond acceptors (Lipinski definition) is 4. The van der Waals surface area contributed by atoms with Gasteiger partial charge in [0.15, 0.2) is 5.43 Å². The van der Waals surface area contributed by atoms with Crippen LogP contribution < -0.4 is 10.9 Å². The summed E-state index contributed by atoms with van der Waals surface area (Å²) < 4.78 is 0. The number of phenols is 1. The average Bonchev–Trinajstić information content (AvgIpc) is 2.56. The third-order valence-corrected chi connectivity index (χ3v) is 3.53. The number of phenolic OH excluding ortho intramolecular Hbond substituents is 1. The number of rotatable bonds is 3. The zero-order valence-corrected chi connectivity index (χ0v) is 12.9. The van der Waals surface area contributed by atoms with Gasteiger partial charge < -0.3 is 10.1 Å². The van der Waals surface area contributed by atoms with Gasteiger partial charge in [-0.05, 0) is 37.3 Å². The molecule has 1 amide bonds. The lowest BCUT2D eigenvalue weighted by Gasteiger charge is -2.04. The van der Waals surface area contributed by atoms with Crippen molar-refractivity contribution in [3.8, 4) is 5.75 Å². The largest absolute Gasteiger partial charge is 0.507 e. The van der Waals surface area contributed by atoms with Crippen molar-refractivity contribution in [3.63, 3.8) is 0 Å². The second-order valence-corrected chi connectivity index (χ2v) is 5.33. The molecule has 0 radical (unpaired) electrons. The molecule has 0 aliphatic heterocycles. The lowest BCUT2D eigenvalue weighted by Crippen LogP contribution is -2.18. The highest BCUT2D eigenvalue weighted by Crippen LogP contribution is 2.13. The Balaban J connectivity index is 1.82. The first-order valence-corrected chi connectivity index (χ1v) is 7.30. The van der Waals surface area contributed by atoms with E-state index in [2.05, 4.69) is 15.5 Å². The molecule has 0 aliphatic carbocycles. The molecule has 0 atom stereocenters. The number of aromatic amines is 1. The first-order chi connectivity index (χ1) is 11.5. The summed E-state index contributed by atoms with van der Waals surface area (Å²) in [6.45, 7) is 1.80. The minimum Gasteiger partial charge on any atom is -0.507 e. The molecule has 3 rings (SSSR count). The third-order valence-electron chi connectivity index (χ3n) is 3.53. The van der Waals surface area contributed by atoms with Gasteiger partial charge in [-0.3, -0.25) is 9.59 Å². The van der Waals surface area contributed by atoms with E-state index >= 15 is 0 Å². The Morgan fingerprint density at radius 3 is 2.79 bits per heavy atom. The summed E-state index contributed by atoms with van der Waals surface area (Å²) in [5, 5.41) is 13.9. The highest BCUT2D eigenvalue weighted by atomic mass is 16.3. The molecule has 1 heterocycles. The maximum Gasteiger partial charge on any atom is 0.271 e. The Labute approximate surface area is 137 Å². The topological polar surface area (TPSA) is 94.6 Å². The highest BCUT2D eigenvalue weighted by molar-refractivity contribution is 5.98. The monoisotopic (exact) mass is 321 g/mol. The number of pyridine rings is 1. The van der Waals surface area contributed by atoms with Gasteiger partial charge >= 0.3 is 0 Å². The van der Waals surface area contributed by atoms with E-state index in [0.717, 1.165) is 5.69 Å². The quantitative estimate of drug-likeness (QED) is 0.510. The van der Waals surface area contributed by atoms with Crippen molar-refractivity contribution in [2.24, 2.45) is 5.10 Å². The number of aryl methyl sites for hydroxylation is 1. The number of nitrogens with zero attached hydrogens (tertiary/aromatic N) is 1. The number of aromatic nitrogens is 1. The van der Waals surface area contributed by atoms with Crippen LogP contribution in [0.3, 0.4) is 0 Å². The van der Waals surface area contributed by atoms with E-state index in [9.17, 15) is 14.7 Å². The molecular formula is C18H15N3O3. The third kappa shape index (κ3) is 3.17. The molecule has 0 saturated carbocycles. The molecule has 0 bridgehead atoms. The van der Waals surface area contributed by atoms with Crippen LogP contribution in [0, 0.1) is 6.92 Å². The summed E-state index contributed by atoms with van der Waals surface area (Å²) in [4.78, 5) is 27.2. The fraction of sp³-hybridized carbons (Fsp3) is 0.0556. The van der Waals surface area contributed by atoms with Gasteiger partial charge in [0.2, 0.25) is 0 Å². The molecular weight excluding hydrogens is 306 g/mol. The number of benzene rings is 2. The summed E-state index contributed by atoms with van der Waals surface area (Å²) in [7, 11) is 0. The zero-order valence-electron chi connectivity index (χ0n) is 12.9.